The van der Waals surface area contributed by atoms with Gasteiger partial charge in [0.05, 0.1) is 13.4 Å². The molecule has 7 nitrogen and oxygen atoms in total. The Morgan fingerprint density at radius 3 is 2.52 bits per heavy atom. The maximum Gasteiger partial charge on any atom is 0.193 e. The fraction of sp³-hybridized carbons (Fsp3) is 0.476. The van der Waals surface area contributed by atoms with E-state index in [1.807, 2.05) is 31.3 Å². The van der Waals surface area contributed by atoms with Gasteiger partial charge in [-0.1, -0.05) is 0 Å². The third-order valence-electron chi connectivity index (χ3n) is 4.80. The van der Waals surface area contributed by atoms with E-state index < -0.39 is 0 Å². The average molecular weight is 514 g/mol. The highest BCUT2D eigenvalue weighted by Gasteiger charge is 2.19. The van der Waals surface area contributed by atoms with Gasteiger partial charge >= 0.3 is 0 Å². The van der Waals surface area contributed by atoms with Gasteiger partial charge in [-0.25, -0.2) is 0 Å². The summed E-state index contributed by atoms with van der Waals surface area (Å²) in [7, 11) is 3.53. The summed E-state index contributed by atoms with van der Waals surface area (Å²) in [5, 5.41) is 3.44. The van der Waals surface area contributed by atoms with Crippen molar-refractivity contribution in [3.8, 4) is 5.75 Å². The quantitative estimate of drug-likeness (QED) is 0.253. The maximum absolute atomic E-state index is 5.62. The number of hydrogen-bond acceptors (Lipinski definition) is 5. The third-order valence-corrected chi connectivity index (χ3v) is 4.80. The monoisotopic (exact) mass is 514 g/mol. The number of furan rings is 1. The minimum absolute atomic E-state index is 0. The molecule has 1 saturated heterocycles. The van der Waals surface area contributed by atoms with E-state index >= 15 is 0 Å². The van der Waals surface area contributed by atoms with Crippen molar-refractivity contribution in [1.29, 1.82) is 0 Å². The van der Waals surface area contributed by atoms with Crippen molar-refractivity contribution < 1.29 is 13.9 Å². The lowest BCUT2D eigenvalue weighted by atomic mass is 10.2. The summed E-state index contributed by atoms with van der Waals surface area (Å²) in [6.07, 6.45) is 2.59. The lowest BCUT2D eigenvalue weighted by Gasteiger charge is -2.37. The number of aliphatic imine (C=N–C) groups is 1. The number of anilines is 1. The van der Waals surface area contributed by atoms with Gasteiger partial charge in [0.2, 0.25) is 0 Å². The molecule has 0 amide bonds. The highest BCUT2D eigenvalue weighted by Crippen LogP contribution is 2.20. The van der Waals surface area contributed by atoms with Gasteiger partial charge in [0, 0.05) is 52.1 Å². The molecule has 0 atom stereocenters. The van der Waals surface area contributed by atoms with E-state index in [9.17, 15) is 0 Å². The second-order valence-corrected chi connectivity index (χ2v) is 6.63. The molecule has 1 aliphatic heterocycles. The molecule has 0 spiro atoms. The van der Waals surface area contributed by atoms with Crippen LogP contribution in [0.2, 0.25) is 0 Å². The van der Waals surface area contributed by atoms with E-state index in [4.69, 9.17) is 13.9 Å². The number of ether oxygens (including phenoxy) is 2. The molecule has 29 heavy (non-hydrogen) atoms. The molecule has 160 valence electrons. The Morgan fingerprint density at radius 2 is 1.90 bits per heavy atom. The Morgan fingerprint density at radius 1 is 1.14 bits per heavy atom. The summed E-state index contributed by atoms with van der Waals surface area (Å²) in [5.41, 5.74) is 1.23. The number of hydrogen-bond donors (Lipinski definition) is 1. The first kappa shape index (κ1) is 23.3. The van der Waals surface area contributed by atoms with Crippen LogP contribution in [0.25, 0.3) is 0 Å². The zero-order valence-corrected chi connectivity index (χ0v) is 19.5. The van der Waals surface area contributed by atoms with Crippen molar-refractivity contribution in [2.75, 3.05) is 58.4 Å². The second kappa shape index (κ2) is 12.6. The molecular formula is C21H31IN4O3. The summed E-state index contributed by atoms with van der Waals surface area (Å²) in [4.78, 5) is 9.14. The van der Waals surface area contributed by atoms with Crippen molar-refractivity contribution in [3.63, 3.8) is 0 Å². The smallest absolute Gasteiger partial charge is 0.193 e. The molecule has 1 aromatic carbocycles. The lowest BCUT2D eigenvalue weighted by molar-refractivity contribution is 0.104. The van der Waals surface area contributed by atoms with Crippen LogP contribution in [-0.4, -0.2) is 64.3 Å². The minimum Gasteiger partial charge on any atom is -0.497 e. The molecular weight excluding hydrogens is 483 g/mol. The first-order valence-electron chi connectivity index (χ1n) is 9.75. The molecule has 8 heteroatoms. The highest BCUT2D eigenvalue weighted by atomic mass is 127. The van der Waals surface area contributed by atoms with Gasteiger partial charge in [-0.2, -0.15) is 0 Å². The van der Waals surface area contributed by atoms with Gasteiger partial charge in [0.25, 0.3) is 0 Å². The molecule has 3 rings (SSSR count). The Kier molecular flexibility index (Phi) is 10.1. The van der Waals surface area contributed by atoms with Gasteiger partial charge < -0.3 is 29.0 Å². The summed E-state index contributed by atoms with van der Waals surface area (Å²) in [6.45, 7) is 5.88. The summed E-state index contributed by atoms with van der Waals surface area (Å²) < 4.78 is 16.1. The van der Waals surface area contributed by atoms with Gasteiger partial charge in [-0.15, -0.1) is 24.0 Å². The highest BCUT2D eigenvalue weighted by molar-refractivity contribution is 14.0. The number of rotatable bonds is 8. The van der Waals surface area contributed by atoms with Crippen LogP contribution in [0.15, 0.2) is 52.1 Å². The average Bonchev–Trinajstić information content (AvgIpc) is 3.27. The SMILES string of the molecule is CN=C(NCCCOCc1ccco1)N1CCN(c2ccc(OC)cc2)CC1.I. The molecule has 1 fully saturated rings. The fourth-order valence-electron chi connectivity index (χ4n) is 3.24. The van der Waals surface area contributed by atoms with Crippen molar-refractivity contribution in [2.24, 2.45) is 4.99 Å². The number of methoxy groups -OCH3 is 1. The number of halogens is 1. The largest absolute Gasteiger partial charge is 0.497 e. The van der Waals surface area contributed by atoms with Crippen LogP contribution in [0.3, 0.4) is 0 Å². The van der Waals surface area contributed by atoms with Crippen molar-refractivity contribution >= 4 is 35.6 Å². The zero-order valence-electron chi connectivity index (χ0n) is 17.2. The normalized spacial score (nSPS) is 14.5. The van der Waals surface area contributed by atoms with E-state index in [0.29, 0.717) is 13.2 Å². The molecule has 0 bridgehead atoms. The molecule has 2 aromatic rings. The number of piperazine rings is 1. The predicted molar refractivity (Wildman–Crippen MR) is 127 cm³/mol. The Labute approximate surface area is 190 Å². The summed E-state index contributed by atoms with van der Waals surface area (Å²) >= 11 is 0. The molecule has 0 saturated carbocycles. The number of guanidine groups is 1. The summed E-state index contributed by atoms with van der Waals surface area (Å²) in [6, 6.07) is 12.0. The van der Waals surface area contributed by atoms with Crippen LogP contribution in [0.1, 0.15) is 12.2 Å². The van der Waals surface area contributed by atoms with Crippen molar-refractivity contribution in [1.82, 2.24) is 10.2 Å². The first-order valence-corrected chi connectivity index (χ1v) is 9.75. The van der Waals surface area contributed by atoms with Crippen LogP contribution in [0.4, 0.5) is 5.69 Å². The fourth-order valence-corrected chi connectivity index (χ4v) is 3.24. The maximum atomic E-state index is 5.62. The third kappa shape index (κ3) is 7.11. The molecule has 0 unspecified atom stereocenters. The molecule has 1 N–H and O–H groups in total. The standard InChI is InChI=1S/C21H30N4O3.HI/c1-22-21(23-10-4-15-27-17-20-5-3-16-28-20)25-13-11-24(12-14-25)18-6-8-19(26-2)9-7-18;/h3,5-9,16H,4,10-15,17H2,1-2H3,(H,22,23);1H. The number of nitrogens with zero attached hydrogens (tertiary/aromatic N) is 3. The predicted octanol–water partition coefficient (Wildman–Crippen LogP) is 3.21. The molecule has 1 aliphatic rings. The van der Waals surface area contributed by atoms with Gasteiger partial charge in [-0.3, -0.25) is 4.99 Å². The Hall–Kier alpha value is -1.94. The van der Waals surface area contributed by atoms with E-state index in [0.717, 1.165) is 56.6 Å². The Balaban J connectivity index is 0.00000300. The van der Waals surface area contributed by atoms with Crippen LogP contribution in [0, 0.1) is 0 Å². The topological polar surface area (TPSA) is 62.5 Å². The molecule has 0 radical (unpaired) electrons. The van der Waals surface area contributed by atoms with Crippen LogP contribution in [0.5, 0.6) is 5.75 Å². The van der Waals surface area contributed by atoms with Crippen molar-refractivity contribution in [3.05, 3.63) is 48.4 Å². The van der Waals surface area contributed by atoms with E-state index in [1.165, 1.54) is 5.69 Å². The number of nitrogens with one attached hydrogen (secondary N) is 1. The molecule has 2 heterocycles. The lowest BCUT2D eigenvalue weighted by Crippen LogP contribution is -2.52. The van der Waals surface area contributed by atoms with Gasteiger partial charge in [0.1, 0.15) is 18.1 Å². The molecule has 1 aromatic heterocycles. The van der Waals surface area contributed by atoms with E-state index in [2.05, 4.69) is 32.2 Å². The van der Waals surface area contributed by atoms with E-state index in [1.54, 1.807) is 13.4 Å². The summed E-state index contributed by atoms with van der Waals surface area (Å²) in [5.74, 6) is 2.71. The van der Waals surface area contributed by atoms with Gasteiger partial charge in [-0.05, 0) is 42.8 Å². The minimum atomic E-state index is 0. The van der Waals surface area contributed by atoms with Crippen molar-refractivity contribution in [2.45, 2.75) is 13.0 Å². The van der Waals surface area contributed by atoms with E-state index in [-0.39, 0.29) is 24.0 Å². The first-order chi connectivity index (χ1) is 13.8. The molecule has 0 aliphatic carbocycles. The second-order valence-electron chi connectivity index (χ2n) is 6.63. The zero-order chi connectivity index (χ0) is 19.6. The van der Waals surface area contributed by atoms with Crippen LogP contribution in [-0.2, 0) is 11.3 Å². The number of benzene rings is 1. The van der Waals surface area contributed by atoms with Crippen LogP contribution >= 0.6 is 24.0 Å². The van der Waals surface area contributed by atoms with Crippen LogP contribution < -0.4 is 15.0 Å². The Bertz CT molecular complexity index is 714. The van der Waals surface area contributed by atoms with Gasteiger partial charge in [0.15, 0.2) is 5.96 Å².